The van der Waals surface area contributed by atoms with Gasteiger partial charge in [0, 0.05) is 5.54 Å². The topological polar surface area (TPSA) is 72.2 Å². The quantitative estimate of drug-likeness (QED) is 0.682. The van der Waals surface area contributed by atoms with E-state index in [1.165, 1.54) is 0 Å². The first-order valence-corrected chi connectivity index (χ1v) is 6.34. The standard InChI is InChI=1S/C13H14F2N2O3/c1-2-13(4-3-5-13)16-12(18)9-6-8(14)7-10(11(9)15)17(19)20/h6-7H,2-5H2,1H3,(H,16,18). The molecule has 0 radical (unpaired) electrons. The number of benzene rings is 1. The van der Waals surface area contributed by atoms with E-state index in [1.54, 1.807) is 0 Å². The van der Waals surface area contributed by atoms with Gasteiger partial charge in [0.25, 0.3) is 5.91 Å². The Morgan fingerprint density at radius 2 is 2.10 bits per heavy atom. The number of nitro benzene ring substituents is 1. The van der Waals surface area contributed by atoms with Crippen LogP contribution in [0.3, 0.4) is 0 Å². The van der Waals surface area contributed by atoms with Gasteiger partial charge in [-0.05, 0) is 31.7 Å². The van der Waals surface area contributed by atoms with Crippen LogP contribution in [0.4, 0.5) is 14.5 Å². The largest absolute Gasteiger partial charge is 0.347 e. The molecule has 0 heterocycles. The highest BCUT2D eigenvalue weighted by molar-refractivity contribution is 5.95. The van der Waals surface area contributed by atoms with Crippen molar-refractivity contribution >= 4 is 11.6 Å². The van der Waals surface area contributed by atoms with E-state index in [0.29, 0.717) is 18.6 Å². The molecule has 0 spiro atoms. The molecular formula is C13H14F2N2O3. The molecule has 0 aromatic heterocycles. The molecule has 1 saturated carbocycles. The van der Waals surface area contributed by atoms with Crippen molar-refractivity contribution in [2.24, 2.45) is 0 Å². The number of nitrogens with one attached hydrogen (secondary N) is 1. The number of carbonyl (C=O) groups excluding carboxylic acids is 1. The molecule has 2 rings (SSSR count). The predicted molar refractivity (Wildman–Crippen MR) is 67.4 cm³/mol. The zero-order chi connectivity index (χ0) is 14.9. The molecule has 0 unspecified atom stereocenters. The second-order valence-corrected chi connectivity index (χ2v) is 4.99. The van der Waals surface area contributed by atoms with Crippen molar-refractivity contribution in [3.8, 4) is 0 Å². The summed E-state index contributed by atoms with van der Waals surface area (Å²) in [7, 11) is 0. The highest BCUT2D eigenvalue weighted by Crippen LogP contribution is 2.35. The van der Waals surface area contributed by atoms with Crippen molar-refractivity contribution in [2.45, 2.75) is 38.1 Å². The highest BCUT2D eigenvalue weighted by atomic mass is 19.1. The average molecular weight is 284 g/mol. The van der Waals surface area contributed by atoms with Gasteiger partial charge in [-0.25, -0.2) is 4.39 Å². The van der Waals surface area contributed by atoms with Crippen LogP contribution in [0.25, 0.3) is 0 Å². The Kier molecular flexibility index (Phi) is 3.69. The number of rotatable bonds is 4. The van der Waals surface area contributed by atoms with Crippen LogP contribution in [-0.2, 0) is 0 Å². The van der Waals surface area contributed by atoms with E-state index in [9.17, 15) is 23.7 Å². The Morgan fingerprint density at radius 3 is 2.55 bits per heavy atom. The second-order valence-electron chi connectivity index (χ2n) is 4.99. The molecular weight excluding hydrogens is 270 g/mol. The third-order valence-electron chi connectivity index (χ3n) is 3.83. The van der Waals surface area contributed by atoms with Gasteiger partial charge in [0.05, 0.1) is 16.6 Å². The van der Waals surface area contributed by atoms with Crippen molar-refractivity contribution in [2.75, 3.05) is 0 Å². The minimum absolute atomic E-state index is 0.398. The SMILES string of the molecule is CCC1(NC(=O)c2cc(F)cc([N+](=O)[O-])c2F)CCC1. The molecule has 0 saturated heterocycles. The molecule has 1 aliphatic carbocycles. The summed E-state index contributed by atoms with van der Waals surface area (Å²) in [5.41, 5.74) is -2.06. The lowest BCUT2D eigenvalue weighted by molar-refractivity contribution is -0.387. The van der Waals surface area contributed by atoms with Crippen molar-refractivity contribution in [1.82, 2.24) is 5.32 Å². The number of hydrogen-bond acceptors (Lipinski definition) is 3. The number of carbonyl (C=O) groups is 1. The van der Waals surface area contributed by atoms with Gasteiger partial charge in [-0.3, -0.25) is 14.9 Å². The van der Waals surface area contributed by atoms with Crippen LogP contribution in [0.5, 0.6) is 0 Å². The maximum atomic E-state index is 13.9. The summed E-state index contributed by atoms with van der Waals surface area (Å²) in [4.78, 5) is 21.6. The van der Waals surface area contributed by atoms with Crippen LogP contribution in [0.2, 0.25) is 0 Å². The van der Waals surface area contributed by atoms with E-state index in [0.717, 1.165) is 19.3 Å². The van der Waals surface area contributed by atoms with Gasteiger partial charge in [-0.2, -0.15) is 4.39 Å². The summed E-state index contributed by atoms with van der Waals surface area (Å²) < 4.78 is 27.2. The lowest BCUT2D eigenvalue weighted by atomic mass is 9.74. The minimum Gasteiger partial charge on any atom is -0.347 e. The zero-order valence-electron chi connectivity index (χ0n) is 10.9. The molecule has 1 aromatic rings. The van der Waals surface area contributed by atoms with Crippen molar-refractivity contribution in [3.63, 3.8) is 0 Å². The summed E-state index contributed by atoms with van der Waals surface area (Å²) in [6.45, 7) is 1.89. The summed E-state index contributed by atoms with van der Waals surface area (Å²) >= 11 is 0. The fraction of sp³-hybridized carbons (Fsp3) is 0.462. The Hall–Kier alpha value is -2.05. The van der Waals surface area contributed by atoms with Gasteiger partial charge in [-0.1, -0.05) is 6.92 Å². The smallest absolute Gasteiger partial charge is 0.308 e. The van der Waals surface area contributed by atoms with E-state index >= 15 is 0 Å². The van der Waals surface area contributed by atoms with E-state index in [2.05, 4.69) is 5.32 Å². The van der Waals surface area contributed by atoms with E-state index < -0.39 is 39.3 Å². The fourth-order valence-corrected chi connectivity index (χ4v) is 2.35. The van der Waals surface area contributed by atoms with Crippen LogP contribution in [-0.4, -0.2) is 16.4 Å². The molecule has 1 N–H and O–H groups in total. The Morgan fingerprint density at radius 1 is 1.45 bits per heavy atom. The monoisotopic (exact) mass is 284 g/mol. The first-order valence-electron chi connectivity index (χ1n) is 6.34. The van der Waals surface area contributed by atoms with E-state index in [1.807, 2.05) is 6.92 Å². The molecule has 1 aromatic carbocycles. The van der Waals surface area contributed by atoms with E-state index in [4.69, 9.17) is 0 Å². The molecule has 1 aliphatic rings. The van der Waals surface area contributed by atoms with Gasteiger partial charge in [0.2, 0.25) is 5.82 Å². The fourth-order valence-electron chi connectivity index (χ4n) is 2.35. The molecule has 0 atom stereocenters. The third kappa shape index (κ3) is 2.48. The van der Waals surface area contributed by atoms with Gasteiger partial charge in [0.15, 0.2) is 0 Å². The molecule has 5 nitrogen and oxygen atoms in total. The predicted octanol–water partition coefficient (Wildman–Crippen LogP) is 2.94. The molecule has 20 heavy (non-hydrogen) atoms. The lowest BCUT2D eigenvalue weighted by Crippen LogP contribution is -2.53. The number of nitrogens with zero attached hydrogens (tertiary/aromatic N) is 1. The Bertz CT molecular complexity index is 565. The lowest BCUT2D eigenvalue weighted by Gasteiger charge is -2.42. The Balaban J connectivity index is 2.32. The second kappa shape index (κ2) is 5.15. The molecule has 0 bridgehead atoms. The first kappa shape index (κ1) is 14.4. The third-order valence-corrected chi connectivity index (χ3v) is 3.83. The molecule has 108 valence electrons. The van der Waals surface area contributed by atoms with Crippen molar-refractivity contribution in [3.05, 3.63) is 39.4 Å². The van der Waals surface area contributed by atoms with Gasteiger partial charge in [-0.15, -0.1) is 0 Å². The summed E-state index contributed by atoms with van der Waals surface area (Å²) in [6.07, 6.45) is 3.18. The van der Waals surface area contributed by atoms with E-state index in [-0.39, 0.29) is 0 Å². The number of halogens is 2. The highest BCUT2D eigenvalue weighted by Gasteiger charge is 2.37. The average Bonchev–Trinajstić information content (AvgIpc) is 2.35. The normalized spacial score (nSPS) is 16.4. The maximum absolute atomic E-state index is 13.9. The van der Waals surface area contributed by atoms with Crippen LogP contribution in [0, 0.1) is 21.7 Å². The van der Waals surface area contributed by atoms with Gasteiger partial charge in [0.1, 0.15) is 5.82 Å². The van der Waals surface area contributed by atoms with Crippen LogP contribution in [0.1, 0.15) is 43.0 Å². The molecule has 1 fully saturated rings. The van der Waals surface area contributed by atoms with Gasteiger partial charge >= 0.3 is 5.69 Å². The number of hydrogen-bond donors (Lipinski definition) is 1. The number of nitro groups is 1. The van der Waals surface area contributed by atoms with Crippen molar-refractivity contribution < 1.29 is 18.5 Å². The zero-order valence-corrected chi connectivity index (χ0v) is 10.9. The minimum atomic E-state index is -1.31. The van der Waals surface area contributed by atoms with Gasteiger partial charge < -0.3 is 5.32 Å². The van der Waals surface area contributed by atoms with Crippen LogP contribution >= 0.6 is 0 Å². The van der Waals surface area contributed by atoms with Crippen LogP contribution < -0.4 is 5.32 Å². The summed E-state index contributed by atoms with van der Waals surface area (Å²) in [5.74, 6) is -3.13. The molecule has 1 amide bonds. The summed E-state index contributed by atoms with van der Waals surface area (Å²) in [5, 5.41) is 13.3. The van der Waals surface area contributed by atoms with Crippen molar-refractivity contribution in [1.29, 1.82) is 0 Å². The van der Waals surface area contributed by atoms with Crippen LogP contribution in [0.15, 0.2) is 12.1 Å². The Labute approximate surface area is 114 Å². The first-order chi connectivity index (χ1) is 9.38. The summed E-state index contributed by atoms with van der Waals surface area (Å²) in [6, 6.07) is 1.14. The maximum Gasteiger partial charge on any atom is 0.308 e. The molecule has 7 heteroatoms. The number of amides is 1. The molecule has 0 aliphatic heterocycles.